The van der Waals surface area contributed by atoms with Gasteiger partial charge in [-0.3, -0.25) is 0 Å². The summed E-state index contributed by atoms with van der Waals surface area (Å²) in [7, 11) is 0. The summed E-state index contributed by atoms with van der Waals surface area (Å²) in [6.45, 7) is 9.33. The fourth-order valence-corrected chi connectivity index (χ4v) is 12.5. The average Bonchev–Trinajstić information content (AvgIpc) is 1.81. The third kappa shape index (κ3) is 7.94. The molecule has 4 aromatic heterocycles. The Hall–Kier alpha value is -11.4. The Morgan fingerprint density at radius 3 is 1.05 bits per heavy atom. The van der Waals surface area contributed by atoms with Gasteiger partial charge in [0, 0.05) is 38.1 Å². The monoisotopic (exact) mass is 1060 g/mol. The lowest BCUT2D eigenvalue weighted by molar-refractivity contribution is 0.669. The van der Waals surface area contributed by atoms with Crippen LogP contribution in [0.3, 0.4) is 0 Å². The van der Waals surface area contributed by atoms with Crippen molar-refractivity contribution in [1.29, 1.82) is 0 Å². The molecular weight excluding hydrogens is 1010 g/mol. The molecule has 0 spiro atoms. The highest BCUT2D eigenvalue weighted by Crippen LogP contribution is 2.50. The first-order valence-corrected chi connectivity index (χ1v) is 27.9. The van der Waals surface area contributed by atoms with Crippen LogP contribution >= 0.6 is 0 Å². The van der Waals surface area contributed by atoms with Crippen molar-refractivity contribution >= 4 is 71.2 Å². The zero-order valence-corrected chi connectivity index (χ0v) is 44.8. The van der Waals surface area contributed by atoms with E-state index in [2.05, 4.69) is 257 Å². The molecule has 0 aliphatic carbocycles. The van der Waals surface area contributed by atoms with E-state index in [0.717, 1.165) is 138 Å². The van der Waals surface area contributed by atoms with E-state index < -0.39 is 0 Å². The summed E-state index contributed by atoms with van der Waals surface area (Å²) in [6, 6.07) is 100. The van der Waals surface area contributed by atoms with Crippen molar-refractivity contribution in [3.8, 4) is 89.8 Å². The molecule has 0 atom stereocenters. The average molecular weight is 1060 g/mol. The molecule has 0 N–H and O–H groups in total. The first-order valence-electron chi connectivity index (χ1n) is 27.9. The minimum absolute atomic E-state index is 0.441. The van der Waals surface area contributed by atoms with Crippen molar-refractivity contribution in [3.63, 3.8) is 0 Å². The van der Waals surface area contributed by atoms with Gasteiger partial charge in [-0.15, -0.1) is 0 Å². The number of hydrogen-bond acceptors (Lipinski definition) is 3. The van der Waals surface area contributed by atoms with E-state index >= 15 is 0 Å². The van der Waals surface area contributed by atoms with Crippen molar-refractivity contribution in [2.75, 3.05) is 0 Å². The van der Waals surface area contributed by atoms with Crippen molar-refractivity contribution in [2.45, 2.75) is 0 Å². The van der Waals surface area contributed by atoms with Crippen molar-refractivity contribution in [2.24, 2.45) is 0 Å². The quantitative estimate of drug-likeness (QED) is 0.135. The van der Waals surface area contributed by atoms with Crippen LogP contribution in [0.15, 0.2) is 290 Å². The highest BCUT2D eigenvalue weighted by molar-refractivity contribution is 6.21. The molecule has 16 rings (SSSR count). The molecule has 0 aliphatic rings. The third-order valence-electron chi connectivity index (χ3n) is 16.3. The summed E-state index contributed by atoms with van der Waals surface area (Å²) < 4.78 is 12.1. The molecule has 0 saturated heterocycles. The largest absolute Gasteiger partial charge is 0.457 e. The molecule has 6 heteroatoms. The van der Waals surface area contributed by atoms with Crippen molar-refractivity contribution in [3.05, 3.63) is 297 Å². The maximum Gasteiger partial charge on any atom is 0.216 e. The summed E-state index contributed by atoms with van der Waals surface area (Å²) >= 11 is 0. The molecule has 0 unspecified atom stereocenters. The van der Waals surface area contributed by atoms with Crippen LogP contribution in [0.25, 0.3) is 160 Å². The smallest absolute Gasteiger partial charge is 0.216 e. The van der Waals surface area contributed by atoms with E-state index in [1.54, 1.807) is 0 Å². The topological polar surface area (TPSA) is 53.1 Å². The molecule has 4 heterocycles. The molecule has 0 radical (unpaired) electrons. The lowest BCUT2D eigenvalue weighted by atomic mass is 10.0. The van der Waals surface area contributed by atoms with Gasteiger partial charge in [-0.25, -0.2) is 14.8 Å². The van der Waals surface area contributed by atoms with Gasteiger partial charge in [0.05, 0.1) is 62.4 Å². The van der Waals surface area contributed by atoms with E-state index in [9.17, 15) is 6.57 Å². The fraction of sp³-hybridized carbons (Fsp3) is 0. The highest BCUT2D eigenvalue weighted by Gasteiger charge is 2.29. The van der Waals surface area contributed by atoms with E-state index in [1.165, 1.54) is 0 Å². The lowest BCUT2D eigenvalue weighted by Gasteiger charge is -2.20. The Morgan fingerprint density at radius 1 is 0.313 bits per heavy atom. The zero-order chi connectivity index (χ0) is 55.0. The SMILES string of the molecule is [C-]#[N+]c1cc2oc3c(-c4nc(-c5ccccc5)cc(-c5ccccc5)n4)cccc3c2c(-n2c3ccc(-c4ccccc4)cc3c3cc(-c4ccccc4)ccc32)c1-n1c2ccc(-c3ccccc3)cc2c2cc(-c3ccccc3)ccc21. The van der Waals surface area contributed by atoms with E-state index in [4.69, 9.17) is 14.4 Å². The number of para-hydroxylation sites is 1. The zero-order valence-electron chi connectivity index (χ0n) is 44.8. The van der Waals surface area contributed by atoms with Crippen molar-refractivity contribution < 1.29 is 4.42 Å². The normalized spacial score (nSPS) is 11.6. The van der Waals surface area contributed by atoms with Crippen molar-refractivity contribution in [1.82, 2.24) is 19.1 Å². The summed E-state index contributed by atoms with van der Waals surface area (Å²) in [4.78, 5) is 15.2. The van der Waals surface area contributed by atoms with Gasteiger partial charge in [0.25, 0.3) is 0 Å². The molecule has 12 aromatic carbocycles. The third-order valence-corrected chi connectivity index (χ3v) is 16.3. The van der Waals surface area contributed by atoms with Gasteiger partial charge >= 0.3 is 0 Å². The van der Waals surface area contributed by atoms with Crippen LogP contribution in [0.2, 0.25) is 0 Å². The van der Waals surface area contributed by atoms with Gasteiger partial charge in [-0.2, -0.15) is 0 Å². The molecule has 0 amide bonds. The van der Waals surface area contributed by atoms with Gasteiger partial charge in [-0.1, -0.05) is 218 Å². The molecule has 16 aromatic rings. The minimum Gasteiger partial charge on any atom is -0.457 e. The van der Waals surface area contributed by atoms with Crippen LogP contribution in [0.1, 0.15) is 0 Å². The van der Waals surface area contributed by atoms with Gasteiger partial charge < -0.3 is 13.6 Å². The maximum atomic E-state index is 9.33. The Labute approximate surface area is 478 Å². The molecule has 0 saturated carbocycles. The van der Waals surface area contributed by atoms with Crippen LogP contribution in [-0.2, 0) is 0 Å². The van der Waals surface area contributed by atoms with E-state index in [0.29, 0.717) is 22.7 Å². The second-order valence-corrected chi connectivity index (χ2v) is 21.1. The number of nitrogens with zero attached hydrogens (tertiary/aromatic N) is 5. The Balaban J connectivity index is 1.06. The van der Waals surface area contributed by atoms with Gasteiger partial charge in [0.1, 0.15) is 11.2 Å². The second-order valence-electron chi connectivity index (χ2n) is 21.1. The maximum absolute atomic E-state index is 9.33. The predicted molar refractivity (Wildman–Crippen MR) is 342 cm³/mol. The molecular formula is C77H47N5O. The van der Waals surface area contributed by atoms with Gasteiger partial charge in [0.2, 0.25) is 5.69 Å². The predicted octanol–water partition coefficient (Wildman–Crippen LogP) is 20.8. The fourth-order valence-electron chi connectivity index (χ4n) is 12.5. The molecule has 0 aliphatic heterocycles. The van der Waals surface area contributed by atoms with Gasteiger partial charge in [-0.05, 0) is 111 Å². The summed E-state index contributed by atoms with van der Waals surface area (Å²) in [5.41, 5.74) is 20.4. The molecule has 6 nitrogen and oxygen atoms in total. The number of rotatable bonds is 9. The van der Waals surface area contributed by atoms with E-state index in [1.807, 2.05) is 42.5 Å². The summed E-state index contributed by atoms with van der Waals surface area (Å²) in [5, 5.41) is 6.06. The van der Waals surface area contributed by atoms with E-state index in [-0.39, 0.29) is 0 Å². The van der Waals surface area contributed by atoms with Crippen LogP contribution in [0.4, 0.5) is 5.69 Å². The van der Waals surface area contributed by atoms with Gasteiger partial charge in [0.15, 0.2) is 5.82 Å². The number of fused-ring (bicyclic) bond motifs is 9. The Morgan fingerprint density at radius 2 is 0.675 bits per heavy atom. The van der Waals surface area contributed by atoms with Crippen LogP contribution in [0, 0.1) is 6.57 Å². The number of benzene rings is 12. The van der Waals surface area contributed by atoms with Crippen LogP contribution in [-0.4, -0.2) is 19.1 Å². The Bertz CT molecular complexity index is 4980. The Kier molecular flexibility index (Phi) is 11.2. The summed E-state index contributed by atoms with van der Waals surface area (Å²) in [5.74, 6) is 0.534. The number of aromatic nitrogens is 4. The minimum atomic E-state index is 0.441. The number of furan rings is 1. The molecule has 0 bridgehead atoms. The molecule has 386 valence electrons. The standard InChI is InChI=1S/C77H47N5O/c1-78-67-48-72-73(59-33-20-34-60(76(59)83-72)77-79-65(53-29-16-6-17-30-53)47-66(80-77)54-31-18-7-19-32-54)75(82-70-41-37-57(51-25-12-4-13-26-51)45-63(70)64-46-58(38-42-71(64)82)52-27-14-5-15-28-52)74(67)81-68-39-35-55(49-21-8-2-9-22-49)43-61(68)62-44-56(36-40-69(62)81)50-23-10-3-11-24-50/h2-48H. The lowest BCUT2D eigenvalue weighted by Crippen LogP contribution is -2.05. The first-order chi connectivity index (χ1) is 41.1. The second kappa shape index (κ2) is 19.5. The number of hydrogen-bond donors (Lipinski definition) is 0. The van der Waals surface area contributed by atoms with Crippen LogP contribution < -0.4 is 0 Å². The molecule has 83 heavy (non-hydrogen) atoms. The molecule has 0 fully saturated rings. The highest BCUT2D eigenvalue weighted by atomic mass is 16.3. The van der Waals surface area contributed by atoms with Crippen LogP contribution in [0.5, 0.6) is 0 Å². The summed E-state index contributed by atoms with van der Waals surface area (Å²) in [6.07, 6.45) is 0. The first kappa shape index (κ1) is 47.6.